The maximum absolute atomic E-state index is 5.21. The van der Waals surface area contributed by atoms with Crippen LogP contribution in [-0.2, 0) is 5.41 Å². The van der Waals surface area contributed by atoms with Gasteiger partial charge in [-0.25, -0.2) is 15.0 Å². The topological polar surface area (TPSA) is 38.7 Å². The van der Waals surface area contributed by atoms with Gasteiger partial charge in [0.25, 0.3) is 0 Å². The van der Waals surface area contributed by atoms with E-state index in [9.17, 15) is 0 Å². The molecule has 0 saturated carbocycles. The van der Waals surface area contributed by atoms with Gasteiger partial charge in [0.2, 0.25) is 0 Å². The third-order valence-corrected chi connectivity index (χ3v) is 12.8. The molecule has 53 heavy (non-hydrogen) atoms. The minimum atomic E-state index is -0.497. The Labute approximate surface area is 315 Å². The second kappa shape index (κ2) is 12.0. The van der Waals surface area contributed by atoms with Gasteiger partial charge in [0, 0.05) is 36.7 Å². The van der Waals surface area contributed by atoms with Gasteiger partial charge >= 0.3 is 0 Å². The third-order valence-electron chi connectivity index (χ3n) is 10.7. The summed E-state index contributed by atoms with van der Waals surface area (Å²) >= 11 is 3.68. The minimum Gasteiger partial charge on any atom is -0.208 e. The predicted octanol–water partition coefficient (Wildman–Crippen LogP) is 12.6. The molecule has 248 valence electrons. The van der Waals surface area contributed by atoms with Crippen LogP contribution in [0, 0.1) is 0 Å². The van der Waals surface area contributed by atoms with E-state index in [2.05, 4.69) is 151 Å². The summed E-state index contributed by atoms with van der Waals surface area (Å²) in [6, 6.07) is 60.9. The summed E-state index contributed by atoms with van der Waals surface area (Å²) in [6.45, 7) is 0. The number of hydrogen-bond acceptors (Lipinski definition) is 5. The smallest absolute Gasteiger partial charge is 0.164 e. The van der Waals surface area contributed by atoms with E-state index in [1.807, 2.05) is 47.4 Å². The zero-order chi connectivity index (χ0) is 34.9. The zero-order valence-corrected chi connectivity index (χ0v) is 30.0. The third kappa shape index (κ3) is 4.64. The Morgan fingerprint density at radius 1 is 0.396 bits per heavy atom. The molecule has 0 saturated heterocycles. The standard InChI is InChI=1S/C48H29N3S2/c1-3-11-30(12-4-1)31-19-21-34(22-20-31)46-49-45(33-13-5-2-6-14-33)50-47(51-46)35-24-26-42-40(29-35)48(38-17-9-10-18-41(38)53-42)37-16-8-7-15-36(37)43-39(48)25-23-32-27-28-52-44(32)43/h1-29H. The average Bonchev–Trinajstić information content (AvgIpc) is 3.83. The molecule has 7 aromatic carbocycles. The van der Waals surface area contributed by atoms with Crippen molar-refractivity contribution in [2.45, 2.75) is 15.2 Å². The van der Waals surface area contributed by atoms with E-state index >= 15 is 0 Å². The van der Waals surface area contributed by atoms with Gasteiger partial charge in [-0.1, -0.05) is 157 Å². The molecule has 2 aliphatic rings. The quantitative estimate of drug-likeness (QED) is 0.182. The maximum Gasteiger partial charge on any atom is 0.164 e. The van der Waals surface area contributed by atoms with E-state index in [0.717, 1.165) is 22.3 Å². The van der Waals surface area contributed by atoms with E-state index in [1.54, 1.807) is 0 Å². The van der Waals surface area contributed by atoms with Crippen LogP contribution in [0.25, 0.3) is 66.5 Å². The second-order valence-corrected chi connectivity index (χ2v) is 15.5. The molecular weight excluding hydrogens is 683 g/mol. The molecule has 1 aliphatic carbocycles. The summed E-state index contributed by atoms with van der Waals surface area (Å²) in [5.74, 6) is 1.96. The summed E-state index contributed by atoms with van der Waals surface area (Å²) in [6.07, 6.45) is 0. The molecule has 0 amide bonds. The highest BCUT2D eigenvalue weighted by atomic mass is 32.2. The number of benzene rings is 7. The number of hydrogen-bond donors (Lipinski definition) is 0. The molecule has 1 unspecified atom stereocenters. The number of nitrogens with zero attached hydrogens (tertiary/aromatic N) is 3. The van der Waals surface area contributed by atoms with Gasteiger partial charge in [0.15, 0.2) is 17.5 Å². The van der Waals surface area contributed by atoms with Crippen LogP contribution < -0.4 is 0 Å². The molecule has 5 heteroatoms. The van der Waals surface area contributed by atoms with Crippen LogP contribution in [0.4, 0.5) is 0 Å². The number of aromatic nitrogens is 3. The van der Waals surface area contributed by atoms with Crippen LogP contribution in [-0.4, -0.2) is 15.0 Å². The van der Waals surface area contributed by atoms with Crippen molar-refractivity contribution in [3.8, 4) is 56.4 Å². The van der Waals surface area contributed by atoms with Crippen LogP contribution >= 0.6 is 23.1 Å². The van der Waals surface area contributed by atoms with Crippen LogP contribution in [0.3, 0.4) is 0 Å². The lowest BCUT2D eigenvalue weighted by molar-refractivity contribution is 0.723. The fraction of sp³-hybridized carbons (Fsp3) is 0.0208. The molecule has 0 radical (unpaired) electrons. The maximum atomic E-state index is 5.21. The van der Waals surface area contributed by atoms with Crippen molar-refractivity contribution >= 4 is 33.2 Å². The highest BCUT2D eigenvalue weighted by Gasteiger charge is 2.50. The molecule has 0 fully saturated rings. The van der Waals surface area contributed by atoms with E-state index in [-0.39, 0.29) is 0 Å². The lowest BCUT2D eigenvalue weighted by Gasteiger charge is -2.39. The molecule has 1 atom stereocenters. The van der Waals surface area contributed by atoms with Crippen molar-refractivity contribution in [2.75, 3.05) is 0 Å². The lowest BCUT2D eigenvalue weighted by atomic mass is 9.67. The first-order chi connectivity index (χ1) is 26.3. The Balaban J connectivity index is 1.14. The first kappa shape index (κ1) is 30.5. The highest BCUT2D eigenvalue weighted by Crippen LogP contribution is 2.63. The lowest BCUT2D eigenvalue weighted by Crippen LogP contribution is -2.32. The summed E-state index contributed by atoms with van der Waals surface area (Å²) in [5.41, 5.74) is 12.6. The fourth-order valence-electron chi connectivity index (χ4n) is 8.34. The molecule has 0 bridgehead atoms. The van der Waals surface area contributed by atoms with Gasteiger partial charge in [0.05, 0.1) is 5.41 Å². The SMILES string of the molecule is c1ccc(-c2ccc(-c3nc(-c4ccccc4)nc(-c4ccc5c(c4)C4(c6ccccc6S5)c5ccccc5-c5c4ccc4ccsc54)n3)cc2)cc1. The Kier molecular flexibility index (Phi) is 6.88. The van der Waals surface area contributed by atoms with Crippen molar-refractivity contribution in [2.24, 2.45) is 0 Å². The Hall–Kier alpha value is -6.14. The summed E-state index contributed by atoms with van der Waals surface area (Å²) in [7, 11) is 0. The zero-order valence-electron chi connectivity index (χ0n) is 28.4. The van der Waals surface area contributed by atoms with Crippen molar-refractivity contribution in [3.05, 3.63) is 197 Å². The Bertz CT molecular complexity index is 2860. The second-order valence-electron chi connectivity index (χ2n) is 13.5. The van der Waals surface area contributed by atoms with Crippen LogP contribution in [0.1, 0.15) is 22.3 Å². The fourth-order valence-corrected chi connectivity index (χ4v) is 10.5. The molecule has 9 aromatic rings. The van der Waals surface area contributed by atoms with Gasteiger partial charge < -0.3 is 0 Å². The molecule has 3 heterocycles. The van der Waals surface area contributed by atoms with Gasteiger partial charge in [-0.05, 0) is 74.0 Å². The number of fused-ring (bicyclic) bond motifs is 11. The molecule has 3 nitrogen and oxygen atoms in total. The highest BCUT2D eigenvalue weighted by molar-refractivity contribution is 7.99. The molecule has 2 aromatic heterocycles. The first-order valence-corrected chi connectivity index (χ1v) is 19.5. The van der Waals surface area contributed by atoms with Crippen LogP contribution in [0.5, 0.6) is 0 Å². The average molecular weight is 712 g/mol. The minimum absolute atomic E-state index is 0.497. The van der Waals surface area contributed by atoms with Crippen molar-refractivity contribution in [3.63, 3.8) is 0 Å². The van der Waals surface area contributed by atoms with Gasteiger partial charge in [-0.2, -0.15) is 0 Å². The van der Waals surface area contributed by atoms with Crippen molar-refractivity contribution in [1.82, 2.24) is 15.0 Å². The number of thiophene rings is 1. The Morgan fingerprint density at radius 3 is 1.74 bits per heavy atom. The largest absolute Gasteiger partial charge is 0.208 e. The monoisotopic (exact) mass is 711 g/mol. The summed E-state index contributed by atoms with van der Waals surface area (Å²) in [5, 5.41) is 3.50. The Morgan fingerprint density at radius 2 is 0.962 bits per heavy atom. The van der Waals surface area contributed by atoms with Crippen LogP contribution in [0.15, 0.2) is 185 Å². The van der Waals surface area contributed by atoms with Gasteiger partial charge in [0.1, 0.15) is 0 Å². The molecular formula is C48H29N3S2. The predicted molar refractivity (Wildman–Crippen MR) is 218 cm³/mol. The first-order valence-electron chi connectivity index (χ1n) is 17.8. The van der Waals surface area contributed by atoms with E-state index in [1.165, 1.54) is 58.8 Å². The molecule has 1 aliphatic heterocycles. The van der Waals surface area contributed by atoms with E-state index in [0.29, 0.717) is 17.5 Å². The molecule has 11 rings (SSSR count). The van der Waals surface area contributed by atoms with Gasteiger partial charge in [-0.3, -0.25) is 0 Å². The van der Waals surface area contributed by atoms with Crippen molar-refractivity contribution in [1.29, 1.82) is 0 Å². The van der Waals surface area contributed by atoms with E-state index in [4.69, 9.17) is 15.0 Å². The summed E-state index contributed by atoms with van der Waals surface area (Å²) in [4.78, 5) is 18.0. The van der Waals surface area contributed by atoms with E-state index < -0.39 is 5.41 Å². The van der Waals surface area contributed by atoms with Gasteiger partial charge in [-0.15, -0.1) is 11.3 Å². The summed E-state index contributed by atoms with van der Waals surface area (Å²) < 4.78 is 1.34. The normalized spacial score (nSPS) is 15.2. The van der Waals surface area contributed by atoms with Crippen LogP contribution in [0.2, 0.25) is 0 Å². The number of rotatable bonds is 4. The molecule has 1 spiro atoms. The van der Waals surface area contributed by atoms with Crippen molar-refractivity contribution < 1.29 is 0 Å². The molecule has 0 N–H and O–H groups in total.